The Hall–Kier alpha value is -1.41. The number of carbonyl (C=O) groups excluding carboxylic acids is 1. The summed E-state index contributed by atoms with van der Waals surface area (Å²) in [5.41, 5.74) is 0. The van der Waals surface area contributed by atoms with Crippen LogP contribution in [0.25, 0.3) is 0 Å². The van der Waals surface area contributed by atoms with E-state index in [0.29, 0.717) is 25.5 Å². The van der Waals surface area contributed by atoms with Gasteiger partial charge in [0, 0.05) is 51.1 Å². The molecule has 0 unspecified atom stereocenters. The molecule has 1 aliphatic rings. The van der Waals surface area contributed by atoms with E-state index in [2.05, 4.69) is 31.0 Å². The van der Waals surface area contributed by atoms with Crippen molar-refractivity contribution in [3.05, 3.63) is 12.1 Å². The summed E-state index contributed by atoms with van der Waals surface area (Å²) in [4.78, 5) is 16.1. The predicted molar refractivity (Wildman–Crippen MR) is 91.2 cm³/mol. The highest BCUT2D eigenvalue weighted by Gasteiger charge is 2.21. The second kappa shape index (κ2) is 9.67. The summed E-state index contributed by atoms with van der Waals surface area (Å²) >= 11 is 3.36. The number of ether oxygens (including phenoxy) is 2. The normalized spacial score (nSPS) is 14.9. The van der Waals surface area contributed by atoms with Gasteiger partial charge in [-0.05, 0) is 12.5 Å². The van der Waals surface area contributed by atoms with Crippen LogP contribution in [0, 0.1) is 0 Å². The second-order valence-electron chi connectivity index (χ2n) is 5.23. The smallest absolute Gasteiger partial charge is 0.233 e. The minimum atomic E-state index is 0.233. The van der Waals surface area contributed by atoms with Gasteiger partial charge in [-0.15, -0.1) is 10.2 Å². The molecule has 1 amide bonds. The fourth-order valence-corrected chi connectivity index (χ4v) is 2.63. The first-order valence-corrected chi connectivity index (χ1v) is 8.91. The maximum absolute atomic E-state index is 12.0. The molecule has 0 N–H and O–H groups in total. The topological polar surface area (TPSA) is 67.8 Å². The van der Waals surface area contributed by atoms with E-state index in [9.17, 15) is 4.79 Å². The van der Waals surface area contributed by atoms with Crippen LogP contribution in [0.3, 0.4) is 0 Å². The van der Waals surface area contributed by atoms with Gasteiger partial charge in [-0.2, -0.15) is 0 Å². The maximum atomic E-state index is 12.0. The van der Waals surface area contributed by atoms with Crippen LogP contribution in [0.2, 0.25) is 0 Å². The molecule has 1 aliphatic heterocycles. The molecule has 2 rings (SSSR count). The first-order valence-electron chi connectivity index (χ1n) is 7.78. The summed E-state index contributed by atoms with van der Waals surface area (Å²) in [5.74, 6) is 1.54. The molecule has 0 spiro atoms. The molecular weight excluding hydrogens is 364 g/mol. The minimum Gasteiger partial charge on any atom is -0.474 e. The molecule has 8 heteroatoms. The highest BCUT2D eigenvalue weighted by Crippen LogP contribution is 2.16. The van der Waals surface area contributed by atoms with Crippen LogP contribution in [0.4, 0.5) is 5.82 Å². The molecule has 2 heterocycles. The molecule has 23 heavy (non-hydrogen) atoms. The van der Waals surface area contributed by atoms with Gasteiger partial charge < -0.3 is 19.3 Å². The summed E-state index contributed by atoms with van der Waals surface area (Å²) in [5, 5.41) is 9.13. The van der Waals surface area contributed by atoms with Crippen LogP contribution in [0.15, 0.2) is 12.1 Å². The Balaban J connectivity index is 1.79. The van der Waals surface area contributed by atoms with Gasteiger partial charge >= 0.3 is 0 Å². The third-order valence-electron chi connectivity index (χ3n) is 3.64. The van der Waals surface area contributed by atoms with Gasteiger partial charge in [-0.25, -0.2) is 0 Å². The number of halogens is 1. The monoisotopic (exact) mass is 386 g/mol. The van der Waals surface area contributed by atoms with Crippen LogP contribution in [0.5, 0.6) is 5.88 Å². The van der Waals surface area contributed by atoms with Crippen molar-refractivity contribution in [1.82, 2.24) is 15.1 Å². The largest absolute Gasteiger partial charge is 0.474 e. The van der Waals surface area contributed by atoms with Gasteiger partial charge in [0.1, 0.15) is 6.61 Å². The minimum absolute atomic E-state index is 0.233. The molecular formula is C15H23BrN4O3. The van der Waals surface area contributed by atoms with Crippen molar-refractivity contribution >= 4 is 27.7 Å². The number of aromatic nitrogens is 2. The highest BCUT2D eigenvalue weighted by molar-refractivity contribution is 9.09. The number of methoxy groups -OCH3 is 1. The molecule has 0 saturated carbocycles. The number of rotatable bonds is 8. The van der Waals surface area contributed by atoms with Gasteiger partial charge in [0.05, 0.1) is 6.61 Å². The Labute approximate surface area is 145 Å². The Morgan fingerprint density at radius 1 is 1.22 bits per heavy atom. The van der Waals surface area contributed by atoms with Crippen molar-refractivity contribution in [3.8, 4) is 5.88 Å². The first-order chi connectivity index (χ1) is 11.2. The number of amides is 1. The number of carbonyl (C=O) groups is 1. The molecule has 1 fully saturated rings. The molecule has 1 aromatic rings. The average Bonchev–Trinajstić information content (AvgIpc) is 2.61. The van der Waals surface area contributed by atoms with E-state index in [1.165, 1.54) is 0 Å². The van der Waals surface area contributed by atoms with Crippen LogP contribution in [0.1, 0.15) is 12.8 Å². The zero-order valence-electron chi connectivity index (χ0n) is 13.4. The van der Waals surface area contributed by atoms with Crippen molar-refractivity contribution in [2.75, 3.05) is 56.7 Å². The Kier molecular flexibility index (Phi) is 7.54. The predicted octanol–water partition coefficient (Wildman–Crippen LogP) is 1.33. The molecule has 128 valence electrons. The van der Waals surface area contributed by atoms with E-state index in [1.54, 1.807) is 7.11 Å². The van der Waals surface area contributed by atoms with Crippen molar-refractivity contribution in [2.45, 2.75) is 12.8 Å². The van der Waals surface area contributed by atoms with E-state index in [1.807, 2.05) is 17.0 Å². The number of nitrogens with zero attached hydrogens (tertiary/aromatic N) is 4. The molecule has 0 atom stereocenters. The summed E-state index contributed by atoms with van der Waals surface area (Å²) in [6, 6.07) is 3.71. The highest BCUT2D eigenvalue weighted by atomic mass is 79.9. The van der Waals surface area contributed by atoms with Crippen LogP contribution < -0.4 is 9.64 Å². The maximum Gasteiger partial charge on any atom is 0.233 e. The molecule has 0 aliphatic carbocycles. The van der Waals surface area contributed by atoms with Gasteiger partial charge in [-0.3, -0.25) is 4.79 Å². The Morgan fingerprint density at radius 3 is 2.61 bits per heavy atom. The molecule has 1 aromatic heterocycles. The zero-order valence-corrected chi connectivity index (χ0v) is 15.0. The first kappa shape index (κ1) is 17.9. The van der Waals surface area contributed by atoms with E-state index >= 15 is 0 Å². The third kappa shape index (κ3) is 5.62. The summed E-state index contributed by atoms with van der Waals surface area (Å²) in [7, 11) is 1.63. The van der Waals surface area contributed by atoms with Gasteiger partial charge in [0.2, 0.25) is 11.8 Å². The van der Waals surface area contributed by atoms with Gasteiger partial charge in [0.25, 0.3) is 0 Å². The van der Waals surface area contributed by atoms with E-state index in [-0.39, 0.29) is 5.91 Å². The van der Waals surface area contributed by atoms with Crippen LogP contribution in [-0.2, 0) is 9.53 Å². The quantitative estimate of drug-likeness (QED) is 0.495. The third-order valence-corrected chi connectivity index (χ3v) is 4.20. The van der Waals surface area contributed by atoms with Crippen LogP contribution >= 0.6 is 15.9 Å². The number of anilines is 1. The number of piperazine rings is 1. The lowest BCUT2D eigenvalue weighted by Crippen LogP contribution is -2.49. The zero-order chi connectivity index (χ0) is 16.5. The Morgan fingerprint density at radius 2 is 2.00 bits per heavy atom. The standard InChI is InChI=1S/C15H23BrN4O3/c1-22-11-12-23-14-5-4-13(17-18-14)19-7-9-20(10-8-19)15(21)3-2-6-16/h4-5H,2-3,6-12H2,1H3. The summed E-state index contributed by atoms with van der Waals surface area (Å²) in [6.07, 6.45) is 1.49. The van der Waals surface area contributed by atoms with Crippen molar-refractivity contribution in [2.24, 2.45) is 0 Å². The molecule has 7 nitrogen and oxygen atoms in total. The second-order valence-corrected chi connectivity index (χ2v) is 6.02. The van der Waals surface area contributed by atoms with E-state index in [4.69, 9.17) is 9.47 Å². The van der Waals surface area contributed by atoms with Gasteiger partial charge in [-0.1, -0.05) is 15.9 Å². The molecule has 1 saturated heterocycles. The number of hydrogen-bond donors (Lipinski definition) is 0. The van der Waals surface area contributed by atoms with Crippen molar-refractivity contribution < 1.29 is 14.3 Å². The van der Waals surface area contributed by atoms with Crippen molar-refractivity contribution in [1.29, 1.82) is 0 Å². The van der Waals surface area contributed by atoms with E-state index < -0.39 is 0 Å². The van der Waals surface area contributed by atoms with Crippen LogP contribution in [-0.4, -0.2) is 72.8 Å². The lowest BCUT2D eigenvalue weighted by molar-refractivity contribution is -0.131. The molecule has 0 aromatic carbocycles. The SMILES string of the molecule is COCCOc1ccc(N2CCN(C(=O)CCCBr)CC2)nn1. The Bertz CT molecular complexity index is 478. The fourth-order valence-electron chi connectivity index (χ4n) is 2.35. The van der Waals surface area contributed by atoms with Gasteiger partial charge in [0.15, 0.2) is 5.82 Å². The summed E-state index contributed by atoms with van der Waals surface area (Å²) < 4.78 is 10.3. The number of alkyl halides is 1. The molecule has 0 radical (unpaired) electrons. The van der Waals surface area contributed by atoms with E-state index in [0.717, 1.165) is 43.7 Å². The fraction of sp³-hybridized carbons (Fsp3) is 0.667. The van der Waals surface area contributed by atoms with Crippen molar-refractivity contribution in [3.63, 3.8) is 0 Å². The average molecular weight is 387 g/mol. The summed E-state index contributed by atoms with van der Waals surface area (Å²) in [6.45, 7) is 4.00. The number of hydrogen-bond acceptors (Lipinski definition) is 6. The molecule has 0 bridgehead atoms. The lowest BCUT2D eigenvalue weighted by atomic mass is 10.2. The lowest BCUT2D eigenvalue weighted by Gasteiger charge is -2.35.